The zero-order valence-electron chi connectivity index (χ0n) is 11.6. The fourth-order valence-corrected chi connectivity index (χ4v) is 3.06. The molecule has 1 aromatic rings. The summed E-state index contributed by atoms with van der Waals surface area (Å²) in [5.74, 6) is 0. The number of halogens is 3. The van der Waals surface area contributed by atoms with Crippen LogP contribution >= 0.6 is 0 Å². The van der Waals surface area contributed by atoms with Crippen molar-refractivity contribution in [2.75, 3.05) is 6.54 Å². The van der Waals surface area contributed by atoms with E-state index >= 15 is 0 Å². The van der Waals surface area contributed by atoms with Crippen LogP contribution in [0.1, 0.15) is 37.8 Å². The van der Waals surface area contributed by atoms with E-state index in [-0.39, 0.29) is 6.04 Å². The standard InChI is InChI=1S/C15H21F3N2/c1-2-12(19)14(15(16,17)18)20-10-6-9-13(20)11-7-4-3-5-8-11/h3-5,7-8,12-14H,2,6,9-10,19H2,1H3. The number of benzene rings is 1. The van der Waals surface area contributed by atoms with E-state index in [1.165, 1.54) is 0 Å². The largest absolute Gasteiger partial charge is 0.405 e. The van der Waals surface area contributed by atoms with Crippen molar-refractivity contribution in [1.29, 1.82) is 0 Å². The van der Waals surface area contributed by atoms with Crippen molar-refractivity contribution in [1.82, 2.24) is 4.90 Å². The van der Waals surface area contributed by atoms with Crippen LogP contribution in [0.3, 0.4) is 0 Å². The van der Waals surface area contributed by atoms with Gasteiger partial charge in [0.1, 0.15) is 6.04 Å². The number of hydrogen-bond donors (Lipinski definition) is 1. The third kappa shape index (κ3) is 3.15. The summed E-state index contributed by atoms with van der Waals surface area (Å²) < 4.78 is 40.1. The Morgan fingerprint density at radius 1 is 1.30 bits per heavy atom. The van der Waals surface area contributed by atoms with Gasteiger partial charge in [0.05, 0.1) is 0 Å². The van der Waals surface area contributed by atoms with Gasteiger partial charge in [-0.2, -0.15) is 13.2 Å². The second-order valence-corrected chi connectivity index (χ2v) is 5.37. The van der Waals surface area contributed by atoms with Gasteiger partial charge in [-0.25, -0.2) is 0 Å². The molecule has 2 nitrogen and oxygen atoms in total. The van der Waals surface area contributed by atoms with Crippen LogP contribution in [0, 0.1) is 0 Å². The smallest absolute Gasteiger partial charge is 0.326 e. The Morgan fingerprint density at radius 3 is 2.50 bits per heavy atom. The molecule has 3 atom stereocenters. The summed E-state index contributed by atoms with van der Waals surface area (Å²) in [4.78, 5) is 1.55. The number of nitrogens with two attached hydrogens (primary N) is 1. The molecule has 1 saturated heterocycles. The maximum Gasteiger partial charge on any atom is 0.405 e. The van der Waals surface area contributed by atoms with Crippen molar-refractivity contribution in [2.24, 2.45) is 5.73 Å². The number of rotatable bonds is 4. The first-order valence-corrected chi connectivity index (χ1v) is 7.08. The van der Waals surface area contributed by atoms with Gasteiger partial charge in [-0.3, -0.25) is 4.90 Å². The zero-order chi connectivity index (χ0) is 14.8. The van der Waals surface area contributed by atoms with Crippen molar-refractivity contribution in [3.63, 3.8) is 0 Å². The first kappa shape index (κ1) is 15.3. The molecule has 0 amide bonds. The van der Waals surface area contributed by atoms with Crippen molar-refractivity contribution in [3.8, 4) is 0 Å². The Hall–Kier alpha value is -1.07. The Bertz CT molecular complexity index is 419. The Morgan fingerprint density at radius 2 is 1.95 bits per heavy atom. The number of hydrogen-bond acceptors (Lipinski definition) is 2. The summed E-state index contributed by atoms with van der Waals surface area (Å²) in [6.07, 6.45) is -2.43. The molecule has 1 aromatic carbocycles. The van der Waals surface area contributed by atoms with Crippen molar-refractivity contribution >= 4 is 0 Å². The minimum absolute atomic E-state index is 0.180. The molecular formula is C15H21F3N2. The topological polar surface area (TPSA) is 29.3 Å². The van der Waals surface area contributed by atoms with Crippen LogP contribution in [-0.4, -0.2) is 29.7 Å². The van der Waals surface area contributed by atoms with Crippen LogP contribution < -0.4 is 5.73 Å². The molecule has 0 saturated carbocycles. The van der Waals surface area contributed by atoms with E-state index in [1.807, 2.05) is 30.3 Å². The Balaban J connectivity index is 2.28. The molecule has 3 unspecified atom stereocenters. The molecule has 2 rings (SSSR count). The highest BCUT2D eigenvalue weighted by Crippen LogP contribution is 2.39. The highest BCUT2D eigenvalue weighted by atomic mass is 19.4. The first-order chi connectivity index (χ1) is 9.45. The van der Waals surface area contributed by atoms with E-state index in [0.29, 0.717) is 13.0 Å². The van der Waals surface area contributed by atoms with E-state index in [4.69, 9.17) is 5.73 Å². The third-order valence-electron chi connectivity index (χ3n) is 4.05. The number of likely N-dealkylation sites (tertiary alicyclic amines) is 1. The fraction of sp³-hybridized carbons (Fsp3) is 0.600. The second-order valence-electron chi connectivity index (χ2n) is 5.37. The molecule has 1 fully saturated rings. The SMILES string of the molecule is CCC(N)C(N1CCCC1c1ccccc1)C(F)(F)F. The van der Waals surface area contributed by atoms with Crippen molar-refractivity contribution < 1.29 is 13.2 Å². The number of nitrogens with zero attached hydrogens (tertiary/aromatic N) is 1. The van der Waals surface area contributed by atoms with Crippen molar-refractivity contribution in [3.05, 3.63) is 35.9 Å². The van der Waals surface area contributed by atoms with Gasteiger partial charge in [0, 0.05) is 12.1 Å². The normalized spacial score (nSPS) is 23.8. The van der Waals surface area contributed by atoms with Crippen LogP contribution in [0.15, 0.2) is 30.3 Å². The van der Waals surface area contributed by atoms with Gasteiger partial charge in [-0.15, -0.1) is 0 Å². The lowest BCUT2D eigenvalue weighted by Gasteiger charge is -2.37. The summed E-state index contributed by atoms with van der Waals surface area (Å²) in [5.41, 5.74) is 6.71. The molecule has 20 heavy (non-hydrogen) atoms. The summed E-state index contributed by atoms with van der Waals surface area (Å²) in [7, 11) is 0. The van der Waals surface area contributed by atoms with E-state index in [1.54, 1.807) is 11.8 Å². The summed E-state index contributed by atoms with van der Waals surface area (Å²) in [5, 5.41) is 0. The van der Waals surface area contributed by atoms with E-state index < -0.39 is 18.3 Å². The van der Waals surface area contributed by atoms with Gasteiger partial charge in [0.15, 0.2) is 0 Å². The van der Waals surface area contributed by atoms with Gasteiger partial charge in [0.25, 0.3) is 0 Å². The van der Waals surface area contributed by atoms with Crippen LogP contribution in [0.4, 0.5) is 13.2 Å². The maximum atomic E-state index is 13.4. The quantitative estimate of drug-likeness (QED) is 0.918. The second kappa shape index (κ2) is 6.14. The molecule has 2 N–H and O–H groups in total. The van der Waals surface area contributed by atoms with E-state index in [9.17, 15) is 13.2 Å². The zero-order valence-corrected chi connectivity index (χ0v) is 11.6. The van der Waals surface area contributed by atoms with E-state index in [0.717, 1.165) is 18.4 Å². The average molecular weight is 286 g/mol. The molecule has 0 spiro atoms. The predicted molar refractivity (Wildman–Crippen MR) is 73.2 cm³/mol. The van der Waals surface area contributed by atoms with Gasteiger partial charge >= 0.3 is 6.18 Å². The fourth-order valence-electron chi connectivity index (χ4n) is 3.06. The third-order valence-corrected chi connectivity index (χ3v) is 4.05. The minimum Gasteiger partial charge on any atom is -0.326 e. The maximum absolute atomic E-state index is 13.4. The van der Waals surface area contributed by atoms with Gasteiger partial charge in [-0.1, -0.05) is 37.3 Å². The highest BCUT2D eigenvalue weighted by Gasteiger charge is 2.49. The molecule has 0 aromatic heterocycles. The van der Waals surface area contributed by atoms with Crippen LogP contribution in [0.5, 0.6) is 0 Å². The molecule has 1 aliphatic heterocycles. The molecule has 1 heterocycles. The first-order valence-electron chi connectivity index (χ1n) is 7.08. The Labute approximate surface area is 117 Å². The molecule has 0 aliphatic carbocycles. The molecular weight excluding hydrogens is 265 g/mol. The summed E-state index contributed by atoms with van der Waals surface area (Å²) in [6.45, 7) is 2.16. The monoisotopic (exact) mass is 286 g/mol. The summed E-state index contributed by atoms with van der Waals surface area (Å²) >= 11 is 0. The molecule has 0 radical (unpaired) electrons. The van der Waals surface area contributed by atoms with E-state index in [2.05, 4.69) is 0 Å². The van der Waals surface area contributed by atoms with Crippen molar-refractivity contribution in [2.45, 2.75) is 50.5 Å². The van der Waals surface area contributed by atoms with Gasteiger partial charge in [0.2, 0.25) is 0 Å². The molecule has 0 bridgehead atoms. The van der Waals surface area contributed by atoms with Gasteiger partial charge < -0.3 is 5.73 Å². The lowest BCUT2D eigenvalue weighted by Crippen LogP contribution is -2.55. The predicted octanol–water partition coefficient (Wildman–Crippen LogP) is 3.49. The number of alkyl halides is 3. The van der Waals surface area contributed by atoms with Gasteiger partial charge in [-0.05, 0) is 31.4 Å². The lowest BCUT2D eigenvalue weighted by atomic mass is 9.99. The van der Waals surface area contributed by atoms with Crippen LogP contribution in [-0.2, 0) is 0 Å². The molecule has 5 heteroatoms. The summed E-state index contributed by atoms with van der Waals surface area (Å²) in [6, 6.07) is 6.80. The van der Waals surface area contributed by atoms with Crippen LogP contribution in [0.25, 0.3) is 0 Å². The lowest BCUT2D eigenvalue weighted by molar-refractivity contribution is -0.192. The molecule has 112 valence electrons. The average Bonchev–Trinajstić information content (AvgIpc) is 2.87. The Kier molecular flexibility index (Phi) is 4.70. The highest BCUT2D eigenvalue weighted by molar-refractivity contribution is 5.20. The molecule has 1 aliphatic rings. The minimum atomic E-state index is -4.28. The van der Waals surface area contributed by atoms with Crippen LogP contribution in [0.2, 0.25) is 0 Å².